The minimum atomic E-state index is -0.467. The monoisotopic (exact) mass is 430 g/mol. The summed E-state index contributed by atoms with van der Waals surface area (Å²) in [5, 5.41) is 12.5. The van der Waals surface area contributed by atoms with Crippen LogP contribution < -0.4 is 5.32 Å². The molecule has 2 heterocycles. The zero-order chi connectivity index (χ0) is 21.0. The van der Waals surface area contributed by atoms with E-state index in [0.29, 0.717) is 22.3 Å². The molecule has 0 spiro atoms. The van der Waals surface area contributed by atoms with Crippen molar-refractivity contribution in [2.75, 3.05) is 18.2 Å². The molecule has 0 saturated carbocycles. The van der Waals surface area contributed by atoms with Crippen LogP contribution in [-0.4, -0.2) is 39.5 Å². The van der Waals surface area contributed by atoms with Gasteiger partial charge in [-0.2, -0.15) is 0 Å². The third-order valence-electron chi connectivity index (χ3n) is 4.16. The number of methoxy groups -OCH3 is 1. The standard InChI is InChI=1S/C20H22N4O3S2/c1-5-24-17(14-8-6-7-12(2)9-14)22-23-20(24)28-11-16(25)21-18-15(19(26)27-4)10-13(3)29-18/h6-10H,5,11H2,1-4H3,(H,21,25). The molecule has 0 fully saturated rings. The molecular formula is C20H22N4O3S2. The van der Waals surface area contributed by atoms with Crippen LogP contribution in [0.2, 0.25) is 0 Å². The Hall–Kier alpha value is -2.65. The lowest BCUT2D eigenvalue weighted by Crippen LogP contribution is -2.16. The minimum Gasteiger partial charge on any atom is -0.465 e. The molecule has 0 saturated heterocycles. The van der Waals surface area contributed by atoms with Gasteiger partial charge in [0.05, 0.1) is 18.4 Å². The van der Waals surface area contributed by atoms with Crippen LogP contribution in [0.1, 0.15) is 27.7 Å². The number of benzene rings is 1. The molecule has 9 heteroatoms. The average molecular weight is 431 g/mol. The summed E-state index contributed by atoms with van der Waals surface area (Å²) >= 11 is 2.65. The first kappa shape index (κ1) is 21.1. The Morgan fingerprint density at radius 1 is 1.24 bits per heavy atom. The lowest BCUT2D eigenvalue weighted by molar-refractivity contribution is -0.113. The molecule has 7 nitrogen and oxygen atoms in total. The number of hydrogen-bond acceptors (Lipinski definition) is 7. The summed E-state index contributed by atoms with van der Waals surface area (Å²) in [7, 11) is 1.32. The van der Waals surface area contributed by atoms with E-state index in [2.05, 4.69) is 21.6 Å². The fraction of sp³-hybridized carbons (Fsp3) is 0.300. The van der Waals surface area contributed by atoms with Crippen LogP contribution in [0.4, 0.5) is 5.00 Å². The van der Waals surface area contributed by atoms with Crippen molar-refractivity contribution in [2.24, 2.45) is 0 Å². The van der Waals surface area contributed by atoms with Gasteiger partial charge in [-0.25, -0.2) is 4.79 Å². The van der Waals surface area contributed by atoms with E-state index in [9.17, 15) is 9.59 Å². The van der Waals surface area contributed by atoms with E-state index in [0.717, 1.165) is 21.8 Å². The molecule has 0 aliphatic carbocycles. The Morgan fingerprint density at radius 3 is 2.72 bits per heavy atom. The van der Waals surface area contributed by atoms with E-state index in [-0.39, 0.29) is 11.7 Å². The fourth-order valence-electron chi connectivity index (χ4n) is 2.84. The Kier molecular flexibility index (Phi) is 6.71. The van der Waals surface area contributed by atoms with E-state index >= 15 is 0 Å². The van der Waals surface area contributed by atoms with Crippen LogP contribution in [-0.2, 0) is 16.1 Å². The summed E-state index contributed by atoms with van der Waals surface area (Å²) in [5.74, 6) is 0.250. The van der Waals surface area contributed by atoms with Crippen molar-refractivity contribution in [2.45, 2.75) is 32.5 Å². The van der Waals surface area contributed by atoms with Gasteiger partial charge in [0.15, 0.2) is 11.0 Å². The zero-order valence-electron chi connectivity index (χ0n) is 16.7. The summed E-state index contributed by atoms with van der Waals surface area (Å²) in [6.45, 7) is 6.61. The molecule has 0 bridgehead atoms. The van der Waals surface area contributed by atoms with Crippen molar-refractivity contribution < 1.29 is 14.3 Å². The molecule has 1 amide bonds. The highest BCUT2D eigenvalue weighted by Crippen LogP contribution is 2.29. The van der Waals surface area contributed by atoms with Crippen molar-refractivity contribution in [3.8, 4) is 11.4 Å². The van der Waals surface area contributed by atoms with Gasteiger partial charge < -0.3 is 14.6 Å². The second-order valence-corrected chi connectivity index (χ2v) is 8.55. The first-order chi connectivity index (χ1) is 13.9. The number of amides is 1. The maximum absolute atomic E-state index is 12.4. The highest BCUT2D eigenvalue weighted by Gasteiger charge is 2.19. The quantitative estimate of drug-likeness (QED) is 0.447. The van der Waals surface area contributed by atoms with Gasteiger partial charge in [-0.1, -0.05) is 35.5 Å². The lowest BCUT2D eigenvalue weighted by Gasteiger charge is -2.08. The average Bonchev–Trinajstić information content (AvgIpc) is 3.28. The number of carbonyl (C=O) groups is 2. The maximum atomic E-state index is 12.4. The number of thiophene rings is 1. The van der Waals surface area contributed by atoms with E-state index in [1.807, 2.05) is 43.5 Å². The first-order valence-electron chi connectivity index (χ1n) is 9.04. The molecule has 3 aromatic rings. The third kappa shape index (κ3) is 4.86. The van der Waals surface area contributed by atoms with Gasteiger partial charge in [0.2, 0.25) is 5.91 Å². The SMILES string of the molecule is CCn1c(SCC(=O)Nc2sc(C)cc2C(=O)OC)nnc1-c1cccc(C)c1. The maximum Gasteiger partial charge on any atom is 0.340 e. The Labute approximate surface area is 177 Å². The number of rotatable bonds is 7. The molecule has 0 aliphatic rings. The minimum absolute atomic E-state index is 0.156. The summed E-state index contributed by atoms with van der Waals surface area (Å²) in [6, 6.07) is 9.79. The summed E-state index contributed by atoms with van der Waals surface area (Å²) in [4.78, 5) is 25.2. The van der Waals surface area contributed by atoms with Gasteiger partial charge in [0.25, 0.3) is 0 Å². The fourth-order valence-corrected chi connectivity index (χ4v) is 4.56. The van der Waals surface area contributed by atoms with Gasteiger partial charge in [-0.15, -0.1) is 21.5 Å². The highest BCUT2D eigenvalue weighted by molar-refractivity contribution is 7.99. The molecule has 0 aliphatic heterocycles. The summed E-state index contributed by atoms with van der Waals surface area (Å²) in [6.07, 6.45) is 0. The zero-order valence-corrected chi connectivity index (χ0v) is 18.3. The van der Waals surface area contributed by atoms with Gasteiger partial charge in [-0.05, 0) is 32.9 Å². The van der Waals surface area contributed by atoms with Crippen molar-refractivity contribution in [3.63, 3.8) is 0 Å². The molecule has 1 N–H and O–H groups in total. The smallest absolute Gasteiger partial charge is 0.340 e. The number of anilines is 1. The predicted molar refractivity (Wildman–Crippen MR) is 116 cm³/mol. The number of aryl methyl sites for hydroxylation is 2. The van der Waals surface area contributed by atoms with Gasteiger partial charge >= 0.3 is 5.97 Å². The normalized spacial score (nSPS) is 10.8. The van der Waals surface area contributed by atoms with Gasteiger partial charge in [-0.3, -0.25) is 4.79 Å². The van der Waals surface area contributed by atoms with E-state index in [1.165, 1.54) is 30.2 Å². The van der Waals surface area contributed by atoms with E-state index in [4.69, 9.17) is 4.74 Å². The molecule has 1 aromatic carbocycles. The number of hydrogen-bond donors (Lipinski definition) is 1. The second-order valence-electron chi connectivity index (χ2n) is 6.35. The topological polar surface area (TPSA) is 86.1 Å². The molecular weight excluding hydrogens is 408 g/mol. The molecule has 0 unspecified atom stereocenters. The van der Waals surface area contributed by atoms with Crippen LogP contribution in [0.15, 0.2) is 35.5 Å². The number of aromatic nitrogens is 3. The van der Waals surface area contributed by atoms with E-state index in [1.54, 1.807) is 6.07 Å². The largest absolute Gasteiger partial charge is 0.465 e. The van der Waals surface area contributed by atoms with Gasteiger partial charge in [0, 0.05) is 17.0 Å². The summed E-state index contributed by atoms with van der Waals surface area (Å²) < 4.78 is 6.76. The molecule has 29 heavy (non-hydrogen) atoms. The Morgan fingerprint density at radius 2 is 2.03 bits per heavy atom. The number of nitrogens with zero attached hydrogens (tertiary/aromatic N) is 3. The van der Waals surface area contributed by atoms with Crippen molar-refractivity contribution in [3.05, 3.63) is 46.3 Å². The van der Waals surface area contributed by atoms with Gasteiger partial charge in [0.1, 0.15) is 5.00 Å². The number of carbonyl (C=O) groups excluding carboxylic acids is 2. The molecule has 3 rings (SSSR count). The number of nitrogens with one attached hydrogen (secondary N) is 1. The lowest BCUT2D eigenvalue weighted by atomic mass is 10.1. The second kappa shape index (κ2) is 9.23. The van der Waals surface area contributed by atoms with Crippen LogP contribution in [0.3, 0.4) is 0 Å². The van der Waals surface area contributed by atoms with Crippen LogP contribution >= 0.6 is 23.1 Å². The Balaban J connectivity index is 1.71. The molecule has 0 radical (unpaired) electrons. The highest BCUT2D eigenvalue weighted by atomic mass is 32.2. The number of ether oxygens (including phenoxy) is 1. The molecule has 2 aromatic heterocycles. The van der Waals surface area contributed by atoms with Crippen LogP contribution in [0.5, 0.6) is 0 Å². The van der Waals surface area contributed by atoms with Crippen molar-refractivity contribution in [1.82, 2.24) is 14.8 Å². The first-order valence-corrected chi connectivity index (χ1v) is 10.8. The van der Waals surface area contributed by atoms with Crippen molar-refractivity contribution in [1.29, 1.82) is 0 Å². The van der Waals surface area contributed by atoms with Crippen molar-refractivity contribution >= 4 is 40.0 Å². The van der Waals surface area contributed by atoms with E-state index < -0.39 is 5.97 Å². The molecule has 152 valence electrons. The van der Waals surface area contributed by atoms with Crippen LogP contribution in [0, 0.1) is 13.8 Å². The summed E-state index contributed by atoms with van der Waals surface area (Å²) in [5.41, 5.74) is 2.51. The van der Waals surface area contributed by atoms with Crippen LogP contribution in [0.25, 0.3) is 11.4 Å². The number of thioether (sulfide) groups is 1. The third-order valence-corrected chi connectivity index (χ3v) is 6.09. The molecule has 0 atom stereocenters. The number of esters is 1. The Bertz CT molecular complexity index is 1040. The predicted octanol–water partition coefficient (Wildman–Crippen LogP) is 4.16.